The van der Waals surface area contributed by atoms with E-state index in [0.717, 1.165) is 18.4 Å². The van der Waals surface area contributed by atoms with Crippen LogP contribution in [0.25, 0.3) is 11.6 Å². The first kappa shape index (κ1) is 19.2. The monoisotopic (exact) mass is 387 g/mol. The maximum Gasteiger partial charge on any atom is 0.252 e. The summed E-state index contributed by atoms with van der Waals surface area (Å²) in [5.41, 5.74) is 2.60. The second-order valence-electron chi connectivity index (χ2n) is 7.38. The van der Waals surface area contributed by atoms with E-state index in [2.05, 4.69) is 29.6 Å². The van der Waals surface area contributed by atoms with Gasteiger partial charge in [-0.2, -0.15) is 0 Å². The van der Waals surface area contributed by atoms with Crippen molar-refractivity contribution in [2.75, 3.05) is 19.8 Å². The van der Waals surface area contributed by atoms with Gasteiger partial charge in [-0.05, 0) is 42.2 Å². The molecule has 3 aromatic rings. The van der Waals surface area contributed by atoms with Crippen molar-refractivity contribution in [1.29, 1.82) is 0 Å². The third-order valence-corrected chi connectivity index (χ3v) is 5.58. The summed E-state index contributed by atoms with van der Waals surface area (Å²) in [6.07, 6.45) is 5.18. The summed E-state index contributed by atoms with van der Waals surface area (Å²) in [5, 5.41) is 3.20. The average Bonchev–Trinajstić information content (AvgIpc) is 3.31. The maximum absolute atomic E-state index is 13.2. The van der Waals surface area contributed by atoms with Crippen LogP contribution < -0.4 is 5.32 Å². The van der Waals surface area contributed by atoms with Gasteiger partial charge < -0.3 is 14.5 Å². The fraction of sp³-hybridized carbons (Fsp3) is 0.240. The SMILES string of the molecule is O=C(NCC1(c2ccccc2)CCOCC1)/C(=C/c1ccco1)c1ccccc1. The van der Waals surface area contributed by atoms with Crippen LogP contribution in [-0.2, 0) is 14.9 Å². The number of hydrogen-bond acceptors (Lipinski definition) is 3. The number of benzene rings is 2. The molecule has 2 heterocycles. The molecular weight excluding hydrogens is 362 g/mol. The molecule has 0 spiro atoms. The number of carbonyl (C=O) groups excluding carboxylic acids is 1. The van der Waals surface area contributed by atoms with E-state index in [0.29, 0.717) is 31.1 Å². The van der Waals surface area contributed by atoms with E-state index in [9.17, 15) is 4.79 Å². The summed E-state index contributed by atoms with van der Waals surface area (Å²) in [7, 11) is 0. The van der Waals surface area contributed by atoms with Gasteiger partial charge in [-0.15, -0.1) is 0 Å². The van der Waals surface area contributed by atoms with Crippen LogP contribution in [0.2, 0.25) is 0 Å². The highest BCUT2D eigenvalue weighted by molar-refractivity contribution is 6.24. The van der Waals surface area contributed by atoms with Crippen LogP contribution in [0.1, 0.15) is 29.7 Å². The number of rotatable bonds is 6. The molecule has 1 amide bonds. The molecule has 1 N–H and O–H groups in total. The highest BCUT2D eigenvalue weighted by atomic mass is 16.5. The Morgan fingerprint density at radius 1 is 0.931 bits per heavy atom. The second kappa shape index (κ2) is 8.93. The zero-order chi connectivity index (χ0) is 19.9. The Hall–Kier alpha value is -3.11. The number of ether oxygens (including phenoxy) is 1. The molecule has 0 aliphatic carbocycles. The van der Waals surface area contributed by atoms with Crippen LogP contribution in [-0.4, -0.2) is 25.7 Å². The van der Waals surface area contributed by atoms with Crippen LogP contribution in [0.3, 0.4) is 0 Å². The van der Waals surface area contributed by atoms with E-state index >= 15 is 0 Å². The molecule has 0 atom stereocenters. The quantitative estimate of drug-likeness (QED) is 0.625. The van der Waals surface area contributed by atoms with Gasteiger partial charge in [0.25, 0.3) is 5.91 Å². The van der Waals surface area contributed by atoms with Gasteiger partial charge in [0.1, 0.15) is 5.76 Å². The summed E-state index contributed by atoms with van der Waals surface area (Å²) in [6, 6.07) is 23.8. The number of nitrogens with one attached hydrogen (secondary N) is 1. The van der Waals surface area contributed by atoms with Crippen molar-refractivity contribution < 1.29 is 13.9 Å². The van der Waals surface area contributed by atoms with Crippen LogP contribution in [0.15, 0.2) is 83.5 Å². The zero-order valence-corrected chi connectivity index (χ0v) is 16.3. The highest BCUT2D eigenvalue weighted by Crippen LogP contribution is 2.34. The molecular formula is C25H25NO3. The molecule has 4 rings (SSSR count). The minimum Gasteiger partial charge on any atom is -0.465 e. The molecule has 1 fully saturated rings. The molecule has 4 nitrogen and oxygen atoms in total. The van der Waals surface area contributed by atoms with E-state index in [4.69, 9.17) is 9.15 Å². The van der Waals surface area contributed by atoms with Gasteiger partial charge >= 0.3 is 0 Å². The zero-order valence-electron chi connectivity index (χ0n) is 16.3. The lowest BCUT2D eigenvalue weighted by Gasteiger charge is -2.38. The van der Waals surface area contributed by atoms with Crippen molar-refractivity contribution in [2.24, 2.45) is 0 Å². The van der Waals surface area contributed by atoms with Crippen molar-refractivity contribution in [1.82, 2.24) is 5.32 Å². The van der Waals surface area contributed by atoms with Gasteiger partial charge in [0, 0.05) is 25.2 Å². The predicted octanol–water partition coefficient (Wildman–Crippen LogP) is 4.68. The lowest BCUT2D eigenvalue weighted by molar-refractivity contribution is -0.116. The molecule has 1 saturated heterocycles. The van der Waals surface area contributed by atoms with Gasteiger partial charge in [0.15, 0.2) is 0 Å². The van der Waals surface area contributed by atoms with Gasteiger partial charge in [-0.1, -0.05) is 60.7 Å². The Morgan fingerprint density at radius 2 is 1.62 bits per heavy atom. The molecule has 1 aliphatic rings. The topological polar surface area (TPSA) is 51.5 Å². The Bertz CT molecular complexity index is 940. The summed E-state index contributed by atoms with van der Waals surface area (Å²) in [6.45, 7) is 1.98. The lowest BCUT2D eigenvalue weighted by atomic mass is 9.74. The van der Waals surface area contributed by atoms with Crippen molar-refractivity contribution in [2.45, 2.75) is 18.3 Å². The number of amides is 1. The van der Waals surface area contributed by atoms with E-state index < -0.39 is 0 Å². The maximum atomic E-state index is 13.2. The molecule has 4 heteroatoms. The Morgan fingerprint density at radius 3 is 2.28 bits per heavy atom. The molecule has 0 saturated carbocycles. The first-order valence-corrected chi connectivity index (χ1v) is 9.99. The summed E-state index contributed by atoms with van der Waals surface area (Å²) < 4.78 is 11.0. The third-order valence-electron chi connectivity index (χ3n) is 5.58. The Balaban J connectivity index is 1.58. The van der Waals surface area contributed by atoms with Crippen LogP contribution >= 0.6 is 0 Å². The lowest BCUT2D eigenvalue weighted by Crippen LogP contribution is -2.44. The smallest absolute Gasteiger partial charge is 0.252 e. The minimum absolute atomic E-state index is 0.102. The van der Waals surface area contributed by atoms with E-state index in [-0.39, 0.29) is 11.3 Å². The van der Waals surface area contributed by atoms with Gasteiger partial charge in [-0.3, -0.25) is 4.79 Å². The molecule has 0 unspecified atom stereocenters. The van der Waals surface area contributed by atoms with Crippen molar-refractivity contribution in [3.63, 3.8) is 0 Å². The molecule has 1 aromatic heterocycles. The fourth-order valence-electron chi connectivity index (χ4n) is 3.88. The van der Waals surface area contributed by atoms with Crippen molar-refractivity contribution in [3.8, 4) is 0 Å². The summed E-state index contributed by atoms with van der Waals surface area (Å²) in [4.78, 5) is 13.2. The molecule has 1 aliphatic heterocycles. The minimum atomic E-state index is -0.109. The number of furan rings is 1. The summed E-state index contributed by atoms with van der Waals surface area (Å²) in [5.74, 6) is 0.553. The first-order chi connectivity index (χ1) is 14.3. The van der Waals surface area contributed by atoms with Gasteiger partial charge in [-0.25, -0.2) is 0 Å². The Kier molecular flexibility index (Phi) is 5.92. The summed E-state index contributed by atoms with van der Waals surface area (Å²) >= 11 is 0. The molecule has 2 aromatic carbocycles. The van der Waals surface area contributed by atoms with E-state index in [1.165, 1.54) is 5.56 Å². The molecule has 0 radical (unpaired) electrons. The van der Waals surface area contributed by atoms with E-state index in [1.54, 1.807) is 12.3 Å². The average molecular weight is 387 g/mol. The predicted molar refractivity (Wildman–Crippen MR) is 114 cm³/mol. The fourth-order valence-corrected chi connectivity index (χ4v) is 3.88. The van der Waals surface area contributed by atoms with Gasteiger partial charge in [0.2, 0.25) is 0 Å². The third kappa shape index (κ3) is 4.49. The van der Waals surface area contributed by atoms with Crippen LogP contribution in [0.5, 0.6) is 0 Å². The highest BCUT2D eigenvalue weighted by Gasteiger charge is 2.35. The van der Waals surface area contributed by atoms with Gasteiger partial charge in [0.05, 0.1) is 11.8 Å². The Labute approximate surface area is 171 Å². The van der Waals surface area contributed by atoms with Crippen LogP contribution in [0, 0.1) is 0 Å². The molecule has 29 heavy (non-hydrogen) atoms. The largest absolute Gasteiger partial charge is 0.465 e. The molecule has 0 bridgehead atoms. The normalized spacial score (nSPS) is 16.3. The van der Waals surface area contributed by atoms with Crippen molar-refractivity contribution in [3.05, 3.63) is 95.9 Å². The number of carbonyl (C=O) groups is 1. The molecule has 148 valence electrons. The number of hydrogen-bond donors (Lipinski definition) is 1. The van der Waals surface area contributed by atoms with Crippen LogP contribution in [0.4, 0.5) is 0 Å². The second-order valence-corrected chi connectivity index (χ2v) is 7.38. The van der Waals surface area contributed by atoms with E-state index in [1.807, 2.05) is 48.5 Å². The standard InChI is InChI=1S/C25H25NO3/c27-24(23(18-22-12-7-15-29-22)20-8-3-1-4-9-20)26-19-25(13-16-28-17-14-25)21-10-5-2-6-11-21/h1-12,15,18H,13-14,16-17,19H2,(H,26,27)/b23-18+. The first-order valence-electron chi connectivity index (χ1n) is 9.99. The van der Waals surface area contributed by atoms with Crippen molar-refractivity contribution >= 4 is 17.6 Å².